The molecule has 0 amide bonds. The first-order valence-corrected chi connectivity index (χ1v) is 5.52. The number of halogens is 3. The summed E-state index contributed by atoms with van der Waals surface area (Å²) in [6.45, 7) is 4.03. The summed E-state index contributed by atoms with van der Waals surface area (Å²) < 4.78 is 43.9. The van der Waals surface area contributed by atoms with Crippen LogP contribution in [0.3, 0.4) is 0 Å². The molecule has 7 heteroatoms. The zero-order chi connectivity index (χ0) is 14.0. The molecule has 104 valence electrons. The Hall–Kier alpha value is -1.08. The number of nitrogens with zero attached hydrogens (tertiary/aromatic N) is 2. The fraction of sp³-hybridized carbons (Fsp3) is 0.727. The Bertz CT molecular complexity index is 387. The molecule has 0 radical (unpaired) electrons. The molecule has 1 aromatic rings. The third kappa shape index (κ3) is 3.46. The van der Waals surface area contributed by atoms with Crippen molar-refractivity contribution in [1.29, 1.82) is 0 Å². The van der Waals surface area contributed by atoms with E-state index in [0.29, 0.717) is 6.54 Å². The summed E-state index contributed by atoms with van der Waals surface area (Å²) in [6, 6.07) is -0.150. The number of alkyl halides is 3. The van der Waals surface area contributed by atoms with Gasteiger partial charge in [0.05, 0.1) is 29.9 Å². The number of methoxy groups -OCH3 is 1. The first kappa shape index (κ1) is 15.0. The lowest BCUT2D eigenvalue weighted by Gasteiger charge is -2.32. The molecular formula is C11H18F3N3O. The first-order valence-electron chi connectivity index (χ1n) is 5.52. The van der Waals surface area contributed by atoms with Gasteiger partial charge in [-0.1, -0.05) is 0 Å². The van der Waals surface area contributed by atoms with Crippen LogP contribution in [0.2, 0.25) is 0 Å². The van der Waals surface area contributed by atoms with Crippen molar-refractivity contribution in [2.75, 3.05) is 14.2 Å². The summed E-state index contributed by atoms with van der Waals surface area (Å²) in [6.07, 6.45) is -2.53. The molecule has 18 heavy (non-hydrogen) atoms. The maximum absolute atomic E-state index is 12.4. The first-order chi connectivity index (χ1) is 8.20. The van der Waals surface area contributed by atoms with E-state index in [4.69, 9.17) is 4.74 Å². The summed E-state index contributed by atoms with van der Waals surface area (Å²) in [5, 5.41) is 6.74. The van der Waals surface area contributed by atoms with E-state index in [9.17, 15) is 13.2 Å². The topological polar surface area (TPSA) is 39.1 Å². The molecule has 0 saturated heterocycles. The van der Waals surface area contributed by atoms with E-state index in [1.165, 1.54) is 4.68 Å². The van der Waals surface area contributed by atoms with Gasteiger partial charge in [0.25, 0.3) is 0 Å². The minimum Gasteiger partial charge on any atom is -0.377 e. The molecule has 1 aromatic heterocycles. The van der Waals surface area contributed by atoms with Gasteiger partial charge in [0.2, 0.25) is 0 Å². The van der Waals surface area contributed by atoms with Gasteiger partial charge in [0.1, 0.15) is 0 Å². The average Bonchev–Trinajstić information content (AvgIpc) is 2.73. The number of rotatable bonds is 5. The lowest BCUT2D eigenvalue weighted by molar-refractivity contribution is -0.137. The molecule has 1 unspecified atom stereocenters. The highest BCUT2D eigenvalue weighted by atomic mass is 19.4. The lowest BCUT2D eigenvalue weighted by Crippen LogP contribution is -2.49. The van der Waals surface area contributed by atoms with Crippen molar-refractivity contribution < 1.29 is 17.9 Å². The van der Waals surface area contributed by atoms with Crippen molar-refractivity contribution in [3.05, 3.63) is 18.0 Å². The van der Waals surface area contributed by atoms with Gasteiger partial charge in [0.15, 0.2) is 0 Å². The highest BCUT2D eigenvalue weighted by Crippen LogP contribution is 2.28. The van der Waals surface area contributed by atoms with Crippen molar-refractivity contribution in [2.24, 2.45) is 0 Å². The van der Waals surface area contributed by atoms with Crippen molar-refractivity contribution in [3.8, 4) is 0 Å². The van der Waals surface area contributed by atoms with Crippen LogP contribution in [0.4, 0.5) is 13.2 Å². The van der Waals surface area contributed by atoms with Crippen molar-refractivity contribution in [3.63, 3.8) is 0 Å². The Morgan fingerprint density at radius 3 is 2.44 bits per heavy atom. The van der Waals surface area contributed by atoms with Crippen LogP contribution in [-0.4, -0.2) is 35.6 Å². The second-order valence-corrected chi connectivity index (χ2v) is 4.60. The number of ether oxygens (including phenoxy) is 1. The van der Waals surface area contributed by atoms with Crippen LogP contribution in [0.25, 0.3) is 0 Å². The number of aromatic nitrogens is 2. The molecular weight excluding hydrogens is 247 g/mol. The molecule has 0 bridgehead atoms. The van der Waals surface area contributed by atoms with Crippen molar-refractivity contribution in [2.45, 2.75) is 38.2 Å². The Morgan fingerprint density at radius 2 is 2.06 bits per heavy atom. The van der Waals surface area contributed by atoms with Crippen LogP contribution in [0.1, 0.15) is 19.4 Å². The predicted octanol–water partition coefficient (Wildman–Crippen LogP) is 1.91. The molecule has 0 saturated carbocycles. The summed E-state index contributed by atoms with van der Waals surface area (Å²) in [5.74, 6) is 0. The van der Waals surface area contributed by atoms with E-state index >= 15 is 0 Å². The minimum absolute atomic E-state index is 0.150. The van der Waals surface area contributed by atoms with E-state index in [0.717, 1.165) is 12.4 Å². The predicted molar refractivity (Wildman–Crippen MR) is 61.2 cm³/mol. The highest BCUT2D eigenvalue weighted by Gasteiger charge is 2.33. The van der Waals surface area contributed by atoms with Crippen LogP contribution >= 0.6 is 0 Å². The molecule has 0 fully saturated rings. The van der Waals surface area contributed by atoms with Gasteiger partial charge in [-0.15, -0.1) is 0 Å². The van der Waals surface area contributed by atoms with Gasteiger partial charge in [-0.2, -0.15) is 18.3 Å². The SMILES string of the molecule is CNC(Cn1cc(C(F)(F)F)cn1)C(C)(C)OC. The normalized spacial score (nSPS) is 14.8. The number of hydrogen-bond acceptors (Lipinski definition) is 3. The molecule has 0 aromatic carbocycles. The minimum atomic E-state index is -4.36. The number of nitrogens with one attached hydrogen (secondary N) is 1. The van der Waals surface area contributed by atoms with Crippen LogP contribution < -0.4 is 5.32 Å². The summed E-state index contributed by atoms with van der Waals surface area (Å²) in [7, 11) is 3.30. The van der Waals surface area contributed by atoms with E-state index < -0.39 is 17.3 Å². The number of likely N-dealkylation sites (N-methyl/N-ethyl adjacent to an activating group) is 1. The standard InChI is InChI=1S/C11H18F3N3O/c1-10(2,18-4)9(15-3)7-17-6-8(5-16-17)11(12,13)14/h5-6,9,15H,7H2,1-4H3. The molecule has 1 rings (SSSR count). The molecule has 4 nitrogen and oxygen atoms in total. The zero-order valence-corrected chi connectivity index (χ0v) is 10.9. The Morgan fingerprint density at radius 1 is 1.44 bits per heavy atom. The largest absolute Gasteiger partial charge is 0.419 e. The second-order valence-electron chi connectivity index (χ2n) is 4.60. The molecule has 0 aliphatic rings. The zero-order valence-electron chi connectivity index (χ0n) is 10.9. The van der Waals surface area contributed by atoms with Crippen LogP contribution in [0.5, 0.6) is 0 Å². The molecule has 0 aliphatic heterocycles. The van der Waals surface area contributed by atoms with E-state index in [2.05, 4.69) is 10.4 Å². The van der Waals surface area contributed by atoms with Gasteiger partial charge in [0, 0.05) is 13.3 Å². The molecule has 1 heterocycles. The van der Waals surface area contributed by atoms with Crippen molar-refractivity contribution in [1.82, 2.24) is 15.1 Å². The lowest BCUT2D eigenvalue weighted by atomic mass is 9.99. The monoisotopic (exact) mass is 265 g/mol. The summed E-state index contributed by atoms with van der Waals surface area (Å²) in [4.78, 5) is 0. The third-order valence-electron chi connectivity index (χ3n) is 3.04. The molecule has 1 N–H and O–H groups in total. The molecule has 0 spiro atoms. The second kappa shape index (κ2) is 5.27. The van der Waals surface area contributed by atoms with Gasteiger partial charge >= 0.3 is 6.18 Å². The smallest absolute Gasteiger partial charge is 0.377 e. The Balaban J connectivity index is 2.81. The van der Waals surface area contributed by atoms with Gasteiger partial charge in [-0.3, -0.25) is 4.68 Å². The van der Waals surface area contributed by atoms with Crippen LogP contribution in [-0.2, 0) is 17.5 Å². The van der Waals surface area contributed by atoms with Gasteiger partial charge in [-0.05, 0) is 20.9 Å². The summed E-state index contributed by atoms with van der Waals surface area (Å²) >= 11 is 0. The molecule has 1 atom stereocenters. The third-order valence-corrected chi connectivity index (χ3v) is 3.04. The van der Waals surface area contributed by atoms with E-state index in [1.54, 1.807) is 14.2 Å². The Kier molecular flexibility index (Phi) is 4.39. The number of hydrogen-bond donors (Lipinski definition) is 1. The quantitative estimate of drug-likeness (QED) is 0.884. The Labute approximate surface area is 104 Å². The molecule has 0 aliphatic carbocycles. The van der Waals surface area contributed by atoms with Crippen LogP contribution in [0.15, 0.2) is 12.4 Å². The average molecular weight is 265 g/mol. The fourth-order valence-corrected chi connectivity index (χ4v) is 1.60. The van der Waals surface area contributed by atoms with Crippen molar-refractivity contribution >= 4 is 0 Å². The highest BCUT2D eigenvalue weighted by molar-refractivity contribution is 5.08. The van der Waals surface area contributed by atoms with Gasteiger partial charge < -0.3 is 10.1 Å². The van der Waals surface area contributed by atoms with Crippen LogP contribution in [0, 0.1) is 0 Å². The van der Waals surface area contributed by atoms with Gasteiger partial charge in [-0.25, -0.2) is 0 Å². The maximum Gasteiger partial charge on any atom is 0.419 e. The summed E-state index contributed by atoms with van der Waals surface area (Å²) in [5.41, 5.74) is -1.24. The maximum atomic E-state index is 12.4. The van der Waals surface area contributed by atoms with E-state index in [-0.39, 0.29) is 6.04 Å². The fourth-order valence-electron chi connectivity index (χ4n) is 1.60. The van der Waals surface area contributed by atoms with E-state index in [1.807, 2.05) is 13.8 Å².